The number of hydrogen-bond donors (Lipinski definition) is 1. The van der Waals surface area contributed by atoms with Gasteiger partial charge in [0.25, 0.3) is 0 Å². The van der Waals surface area contributed by atoms with E-state index in [4.69, 9.17) is 4.74 Å². The van der Waals surface area contributed by atoms with Gasteiger partial charge in [-0.1, -0.05) is 32.6 Å². The minimum atomic E-state index is 0.796. The van der Waals surface area contributed by atoms with E-state index in [1.807, 2.05) is 0 Å². The molecule has 0 bridgehead atoms. The van der Waals surface area contributed by atoms with Gasteiger partial charge >= 0.3 is 0 Å². The van der Waals surface area contributed by atoms with Crippen LogP contribution in [0.2, 0.25) is 0 Å². The van der Waals surface area contributed by atoms with Gasteiger partial charge in [0.2, 0.25) is 0 Å². The van der Waals surface area contributed by atoms with Gasteiger partial charge in [-0.3, -0.25) is 0 Å². The molecule has 1 aliphatic carbocycles. The van der Waals surface area contributed by atoms with Crippen molar-refractivity contribution in [3.63, 3.8) is 0 Å². The Kier molecular flexibility index (Phi) is 7.58. The molecule has 1 saturated carbocycles. The van der Waals surface area contributed by atoms with Gasteiger partial charge in [0.15, 0.2) is 0 Å². The summed E-state index contributed by atoms with van der Waals surface area (Å²) in [6.07, 6.45) is 9.28. The summed E-state index contributed by atoms with van der Waals surface area (Å²) in [6.45, 7) is 5.11. The van der Waals surface area contributed by atoms with Gasteiger partial charge in [-0.05, 0) is 50.6 Å². The van der Waals surface area contributed by atoms with Crippen LogP contribution < -0.4 is 10.1 Å². The fraction of sp³-hybridized carbons (Fsp3) is 0.684. The van der Waals surface area contributed by atoms with Gasteiger partial charge in [-0.2, -0.15) is 0 Å². The van der Waals surface area contributed by atoms with Crippen LogP contribution >= 0.6 is 0 Å². The van der Waals surface area contributed by atoms with Gasteiger partial charge < -0.3 is 15.0 Å². The lowest BCUT2D eigenvalue weighted by molar-refractivity contribution is 0.198. The maximum absolute atomic E-state index is 5.69. The fourth-order valence-electron chi connectivity index (χ4n) is 3.08. The number of nitrogens with zero attached hydrogens (tertiary/aromatic N) is 1. The molecule has 1 aromatic carbocycles. The van der Waals surface area contributed by atoms with Gasteiger partial charge in [0.1, 0.15) is 5.75 Å². The smallest absolute Gasteiger partial charge is 0.119 e. The summed E-state index contributed by atoms with van der Waals surface area (Å²) in [5, 5.41) is 3.51. The molecular formula is C19H32N2O. The first kappa shape index (κ1) is 17.1. The Morgan fingerprint density at radius 2 is 1.86 bits per heavy atom. The topological polar surface area (TPSA) is 24.5 Å². The Balaban J connectivity index is 1.65. The van der Waals surface area contributed by atoms with Crippen LogP contribution in [0.5, 0.6) is 5.75 Å². The molecule has 1 aliphatic rings. The molecule has 0 heterocycles. The normalized spacial score (nSPS) is 16.0. The molecule has 0 aliphatic heterocycles. The van der Waals surface area contributed by atoms with Crippen molar-refractivity contribution in [3.8, 4) is 5.75 Å². The van der Waals surface area contributed by atoms with E-state index >= 15 is 0 Å². The van der Waals surface area contributed by atoms with Gasteiger partial charge in [0.05, 0.1) is 6.61 Å². The van der Waals surface area contributed by atoms with Crippen molar-refractivity contribution in [1.82, 2.24) is 4.90 Å². The Labute approximate surface area is 136 Å². The van der Waals surface area contributed by atoms with Crippen LogP contribution in [0.25, 0.3) is 0 Å². The average molecular weight is 304 g/mol. The van der Waals surface area contributed by atoms with E-state index in [9.17, 15) is 0 Å². The molecule has 0 saturated heterocycles. The van der Waals surface area contributed by atoms with Gasteiger partial charge in [-0.25, -0.2) is 0 Å². The zero-order chi connectivity index (χ0) is 15.6. The van der Waals surface area contributed by atoms with Crippen LogP contribution in [-0.2, 0) is 0 Å². The van der Waals surface area contributed by atoms with Gasteiger partial charge in [0, 0.05) is 24.8 Å². The number of ether oxygens (including phenoxy) is 1. The van der Waals surface area contributed by atoms with Crippen molar-refractivity contribution in [2.45, 2.75) is 57.9 Å². The summed E-state index contributed by atoms with van der Waals surface area (Å²) < 4.78 is 5.69. The predicted octanol–water partition coefficient (Wildman–Crippen LogP) is 4.54. The maximum Gasteiger partial charge on any atom is 0.119 e. The summed E-state index contributed by atoms with van der Waals surface area (Å²) in [6, 6.07) is 9.14. The van der Waals surface area contributed by atoms with Crippen LogP contribution in [0.4, 0.5) is 5.69 Å². The molecule has 0 aromatic heterocycles. The molecule has 124 valence electrons. The lowest BCUT2D eigenvalue weighted by atomic mass is 9.94. The second kappa shape index (κ2) is 9.73. The Hall–Kier alpha value is -1.22. The molecule has 22 heavy (non-hydrogen) atoms. The second-order valence-electron chi connectivity index (χ2n) is 6.43. The standard InChI is InChI=1S/C19H32N2O/c1-3-4-16-22-19-12-10-17(11-13-19)20-14-15-21(2)18-8-6-5-7-9-18/h10-13,18,20H,3-9,14-16H2,1-2H3. The number of benzene rings is 1. The van der Waals surface area contributed by atoms with Crippen LogP contribution in [0.3, 0.4) is 0 Å². The summed E-state index contributed by atoms with van der Waals surface area (Å²) in [4.78, 5) is 2.52. The monoisotopic (exact) mass is 304 g/mol. The molecule has 2 rings (SSSR count). The van der Waals surface area contributed by atoms with Crippen molar-refractivity contribution in [1.29, 1.82) is 0 Å². The third-order valence-corrected chi connectivity index (χ3v) is 4.61. The molecule has 0 radical (unpaired) electrons. The molecule has 0 spiro atoms. The van der Waals surface area contributed by atoms with Crippen LogP contribution in [-0.4, -0.2) is 37.7 Å². The molecule has 0 amide bonds. The second-order valence-corrected chi connectivity index (χ2v) is 6.43. The summed E-state index contributed by atoms with van der Waals surface area (Å²) >= 11 is 0. The summed E-state index contributed by atoms with van der Waals surface area (Å²) in [5.74, 6) is 0.971. The average Bonchev–Trinajstić information content (AvgIpc) is 2.57. The Bertz CT molecular complexity index is 398. The highest BCUT2D eigenvalue weighted by Crippen LogP contribution is 2.21. The highest BCUT2D eigenvalue weighted by Gasteiger charge is 2.17. The molecule has 0 unspecified atom stereocenters. The molecular weight excluding hydrogens is 272 g/mol. The van der Waals surface area contributed by atoms with Crippen LogP contribution in [0.1, 0.15) is 51.9 Å². The van der Waals surface area contributed by atoms with E-state index in [2.05, 4.69) is 48.5 Å². The number of unbranched alkanes of at least 4 members (excludes halogenated alkanes) is 1. The third kappa shape index (κ3) is 5.88. The highest BCUT2D eigenvalue weighted by atomic mass is 16.5. The fourth-order valence-corrected chi connectivity index (χ4v) is 3.08. The van der Waals surface area contributed by atoms with E-state index in [1.54, 1.807) is 0 Å². The van der Waals surface area contributed by atoms with Crippen LogP contribution in [0, 0.1) is 0 Å². The van der Waals surface area contributed by atoms with E-state index in [1.165, 1.54) is 44.2 Å². The lowest BCUT2D eigenvalue weighted by Gasteiger charge is -2.31. The largest absolute Gasteiger partial charge is 0.494 e. The van der Waals surface area contributed by atoms with Crippen molar-refractivity contribution in [3.05, 3.63) is 24.3 Å². The molecule has 1 aromatic rings. The zero-order valence-corrected chi connectivity index (χ0v) is 14.3. The third-order valence-electron chi connectivity index (χ3n) is 4.61. The number of anilines is 1. The van der Waals surface area contributed by atoms with E-state index in [-0.39, 0.29) is 0 Å². The number of hydrogen-bond acceptors (Lipinski definition) is 3. The molecule has 3 heteroatoms. The van der Waals surface area contributed by atoms with Crippen molar-refractivity contribution in [2.75, 3.05) is 32.1 Å². The molecule has 3 nitrogen and oxygen atoms in total. The van der Waals surface area contributed by atoms with E-state index in [0.29, 0.717) is 0 Å². The number of likely N-dealkylation sites (N-methyl/N-ethyl adjacent to an activating group) is 1. The first-order valence-electron chi connectivity index (χ1n) is 8.96. The quantitative estimate of drug-likeness (QED) is 0.678. The summed E-state index contributed by atoms with van der Waals surface area (Å²) in [5.41, 5.74) is 1.18. The predicted molar refractivity (Wildman–Crippen MR) is 94.8 cm³/mol. The minimum absolute atomic E-state index is 0.796. The SMILES string of the molecule is CCCCOc1ccc(NCCN(C)C2CCCCC2)cc1. The van der Waals surface area contributed by atoms with Crippen molar-refractivity contribution >= 4 is 5.69 Å². The number of rotatable bonds is 9. The molecule has 1 N–H and O–H groups in total. The van der Waals surface area contributed by atoms with E-state index in [0.717, 1.165) is 37.9 Å². The first-order chi connectivity index (χ1) is 10.8. The van der Waals surface area contributed by atoms with E-state index < -0.39 is 0 Å². The number of nitrogens with one attached hydrogen (secondary N) is 1. The van der Waals surface area contributed by atoms with Gasteiger partial charge in [-0.15, -0.1) is 0 Å². The Morgan fingerprint density at radius 3 is 2.55 bits per heavy atom. The maximum atomic E-state index is 5.69. The van der Waals surface area contributed by atoms with Crippen molar-refractivity contribution < 1.29 is 4.74 Å². The minimum Gasteiger partial charge on any atom is -0.494 e. The summed E-state index contributed by atoms with van der Waals surface area (Å²) in [7, 11) is 2.27. The Morgan fingerprint density at radius 1 is 1.14 bits per heavy atom. The molecule has 0 atom stereocenters. The lowest BCUT2D eigenvalue weighted by Crippen LogP contribution is -2.36. The van der Waals surface area contributed by atoms with Crippen molar-refractivity contribution in [2.24, 2.45) is 0 Å². The zero-order valence-electron chi connectivity index (χ0n) is 14.3. The highest BCUT2D eigenvalue weighted by molar-refractivity contribution is 5.46. The molecule has 1 fully saturated rings. The van der Waals surface area contributed by atoms with Crippen LogP contribution in [0.15, 0.2) is 24.3 Å². The first-order valence-corrected chi connectivity index (χ1v) is 8.96.